The fraction of sp³-hybridized carbons (Fsp3) is 0.650. The first-order chi connectivity index (χ1) is 14.3. The molecular weight excluding hydrogens is 408 g/mol. The van der Waals surface area contributed by atoms with Crippen LogP contribution in [0.25, 0.3) is 0 Å². The van der Waals surface area contributed by atoms with Gasteiger partial charge in [-0.3, -0.25) is 9.69 Å². The molecule has 0 spiro atoms. The molecule has 166 valence electrons. The fourth-order valence-corrected chi connectivity index (χ4v) is 5.46. The molecule has 3 aliphatic heterocycles. The summed E-state index contributed by atoms with van der Waals surface area (Å²) >= 11 is 0. The molecule has 2 fully saturated rings. The van der Waals surface area contributed by atoms with Gasteiger partial charge in [-0.05, 0) is 30.5 Å². The molecule has 0 unspecified atom stereocenters. The maximum absolute atomic E-state index is 13.0. The lowest BCUT2D eigenvalue weighted by atomic mass is 9.97. The molecule has 1 aromatic rings. The summed E-state index contributed by atoms with van der Waals surface area (Å²) in [5.41, 5.74) is 1.16. The van der Waals surface area contributed by atoms with Crippen LogP contribution in [0.5, 0.6) is 11.5 Å². The van der Waals surface area contributed by atoms with E-state index in [-0.39, 0.29) is 25.2 Å². The zero-order chi connectivity index (χ0) is 21.3. The van der Waals surface area contributed by atoms with E-state index in [0.717, 1.165) is 43.1 Å². The van der Waals surface area contributed by atoms with Gasteiger partial charge in [-0.15, -0.1) is 0 Å². The Balaban J connectivity index is 1.30. The minimum absolute atomic E-state index is 0.0800. The normalized spacial score (nSPS) is 23.2. The van der Waals surface area contributed by atoms with Gasteiger partial charge in [-0.2, -0.15) is 17.0 Å². The number of nitrogens with zero attached hydrogens (tertiary/aromatic N) is 4. The van der Waals surface area contributed by atoms with Crippen molar-refractivity contribution < 1.29 is 22.7 Å². The molecule has 2 saturated heterocycles. The minimum atomic E-state index is -3.48. The van der Waals surface area contributed by atoms with Crippen LogP contribution in [0.3, 0.4) is 0 Å². The number of piperazine rings is 1. The van der Waals surface area contributed by atoms with Gasteiger partial charge < -0.3 is 14.4 Å². The standard InChI is InChI=1S/C20H30N4O5S/c1-21(2)30(26,27)24-7-3-4-17(14-24)20(25)23-10-8-22(9-11-23)13-16-5-6-18-19(12-16)29-15-28-18/h5-6,12,17H,3-4,7-11,13-15H2,1-2H3/t17-/m1/s1. The highest BCUT2D eigenvalue weighted by Crippen LogP contribution is 2.33. The van der Waals surface area contributed by atoms with Gasteiger partial charge in [0.05, 0.1) is 5.92 Å². The molecule has 30 heavy (non-hydrogen) atoms. The summed E-state index contributed by atoms with van der Waals surface area (Å²) in [6.07, 6.45) is 1.46. The molecule has 1 aromatic carbocycles. The number of carbonyl (C=O) groups is 1. The monoisotopic (exact) mass is 438 g/mol. The average Bonchev–Trinajstić information content (AvgIpc) is 3.21. The first kappa shape index (κ1) is 21.4. The van der Waals surface area contributed by atoms with E-state index in [1.807, 2.05) is 23.1 Å². The smallest absolute Gasteiger partial charge is 0.281 e. The summed E-state index contributed by atoms with van der Waals surface area (Å²) < 4.78 is 38.3. The van der Waals surface area contributed by atoms with E-state index in [0.29, 0.717) is 26.1 Å². The van der Waals surface area contributed by atoms with Crippen molar-refractivity contribution in [3.63, 3.8) is 0 Å². The third-order valence-corrected chi connectivity index (χ3v) is 7.96. The molecule has 3 aliphatic rings. The number of rotatable bonds is 5. The molecule has 0 aliphatic carbocycles. The summed E-state index contributed by atoms with van der Waals surface area (Å²) in [6.45, 7) is 4.76. The highest BCUT2D eigenvalue weighted by Gasteiger charge is 2.36. The zero-order valence-electron chi connectivity index (χ0n) is 17.6. The van der Waals surface area contributed by atoms with Crippen LogP contribution < -0.4 is 9.47 Å². The van der Waals surface area contributed by atoms with Crippen molar-refractivity contribution in [3.8, 4) is 11.5 Å². The van der Waals surface area contributed by atoms with Crippen LogP contribution in [0.15, 0.2) is 18.2 Å². The predicted octanol–water partition coefficient (Wildman–Crippen LogP) is 0.578. The third kappa shape index (κ3) is 4.41. The molecule has 3 heterocycles. The van der Waals surface area contributed by atoms with E-state index in [9.17, 15) is 13.2 Å². The number of benzene rings is 1. The predicted molar refractivity (Wildman–Crippen MR) is 111 cm³/mol. The Hall–Kier alpha value is -1.88. The van der Waals surface area contributed by atoms with E-state index in [2.05, 4.69) is 4.90 Å². The van der Waals surface area contributed by atoms with Crippen LogP contribution in [-0.2, 0) is 21.5 Å². The average molecular weight is 439 g/mol. The highest BCUT2D eigenvalue weighted by molar-refractivity contribution is 7.86. The molecule has 1 atom stereocenters. The van der Waals surface area contributed by atoms with Gasteiger partial charge in [-0.25, -0.2) is 0 Å². The number of hydrogen-bond donors (Lipinski definition) is 0. The number of ether oxygens (including phenoxy) is 2. The fourth-order valence-electron chi connectivity index (χ4n) is 4.27. The molecule has 10 heteroatoms. The molecular formula is C20H30N4O5S. The van der Waals surface area contributed by atoms with Gasteiger partial charge >= 0.3 is 0 Å². The van der Waals surface area contributed by atoms with Crippen molar-refractivity contribution >= 4 is 16.1 Å². The quantitative estimate of drug-likeness (QED) is 0.669. The molecule has 0 radical (unpaired) electrons. The molecule has 0 saturated carbocycles. The van der Waals surface area contributed by atoms with Crippen LogP contribution in [0, 0.1) is 5.92 Å². The zero-order valence-corrected chi connectivity index (χ0v) is 18.4. The molecule has 0 aromatic heterocycles. The van der Waals surface area contributed by atoms with Crippen LogP contribution in [0.4, 0.5) is 0 Å². The van der Waals surface area contributed by atoms with Crippen molar-refractivity contribution in [3.05, 3.63) is 23.8 Å². The maximum atomic E-state index is 13.0. The number of hydrogen-bond acceptors (Lipinski definition) is 6. The van der Waals surface area contributed by atoms with E-state index in [1.54, 1.807) is 0 Å². The van der Waals surface area contributed by atoms with Gasteiger partial charge in [-0.1, -0.05) is 6.07 Å². The number of carbonyl (C=O) groups excluding carboxylic acids is 1. The lowest BCUT2D eigenvalue weighted by Crippen LogP contribution is -2.53. The van der Waals surface area contributed by atoms with Crippen molar-refractivity contribution in [1.82, 2.24) is 18.4 Å². The first-order valence-electron chi connectivity index (χ1n) is 10.4. The Bertz CT molecular complexity index is 883. The third-order valence-electron chi connectivity index (χ3n) is 6.05. The summed E-state index contributed by atoms with van der Waals surface area (Å²) in [4.78, 5) is 17.3. The number of piperidine rings is 1. The largest absolute Gasteiger partial charge is 0.454 e. The topological polar surface area (TPSA) is 82.6 Å². The Kier molecular flexibility index (Phi) is 6.19. The van der Waals surface area contributed by atoms with Gasteiger partial charge in [0, 0.05) is 59.9 Å². The lowest BCUT2D eigenvalue weighted by molar-refractivity contribution is -0.138. The SMILES string of the molecule is CN(C)S(=O)(=O)N1CCC[C@@H](C(=O)N2CCN(Cc3ccc4c(c3)OCO4)CC2)C1. The Morgan fingerprint density at radius 2 is 1.83 bits per heavy atom. The van der Waals surface area contributed by atoms with Crippen molar-refractivity contribution in [2.24, 2.45) is 5.92 Å². The summed E-state index contributed by atoms with van der Waals surface area (Å²) in [5.74, 6) is 1.40. The van der Waals surface area contributed by atoms with Crippen molar-refractivity contribution in [1.29, 1.82) is 0 Å². The summed E-state index contributed by atoms with van der Waals surface area (Å²) in [7, 11) is -0.421. The summed E-state index contributed by atoms with van der Waals surface area (Å²) in [5, 5.41) is 0. The van der Waals surface area contributed by atoms with E-state index >= 15 is 0 Å². The second-order valence-corrected chi connectivity index (χ2v) is 10.4. The van der Waals surface area contributed by atoms with E-state index < -0.39 is 10.2 Å². The molecule has 0 bridgehead atoms. The minimum Gasteiger partial charge on any atom is -0.454 e. The molecule has 9 nitrogen and oxygen atoms in total. The van der Waals surface area contributed by atoms with Crippen LogP contribution >= 0.6 is 0 Å². The Morgan fingerprint density at radius 3 is 2.57 bits per heavy atom. The molecule has 1 amide bonds. The van der Waals surface area contributed by atoms with Gasteiger partial charge in [0.15, 0.2) is 11.5 Å². The van der Waals surface area contributed by atoms with Crippen molar-refractivity contribution in [2.75, 3.05) is 60.2 Å². The van der Waals surface area contributed by atoms with Crippen LogP contribution in [0.2, 0.25) is 0 Å². The number of fused-ring (bicyclic) bond motifs is 1. The lowest BCUT2D eigenvalue weighted by Gasteiger charge is -2.39. The molecule has 0 N–H and O–H groups in total. The number of amides is 1. The Labute approximate surface area is 178 Å². The van der Waals surface area contributed by atoms with E-state index in [1.165, 1.54) is 22.7 Å². The van der Waals surface area contributed by atoms with E-state index in [4.69, 9.17) is 9.47 Å². The summed E-state index contributed by atoms with van der Waals surface area (Å²) in [6, 6.07) is 6.00. The first-order valence-corrected chi connectivity index (χ1v) is 11.8. The second kappa shape index (κ2) is 8.70. The van der Waals surface area contributed by atoms with Crippen LogP contribution in [0.1, 0.15) is 18.4 Å². The van der Waals surface area contributed by atoms with Gasteiger partial charge in [0.2, 0.25) is 12.7 Å². The van der Waals surface area contributed by atoms with Crippen molar-refractivity contribution in [2.45, 2.75) is 19.4 Å². The van der Waals surface area contributed by atoms with Crippen LogP contribution in [-0.4, -0.2) is 92.9 Å². The second-order valence-electron chi connectivity index (χ2n) is 8.28. The Morgan fingerprint density at radius 1 is 1.10 bits per heavy atom. The maximum Gasteiger partial charge on any atom is 0.281 e. The van der Waals surface area contributed by atoms with Gasteiger partial charge in [0.25, 0.3) is 10.2 Å². The highest BCUT2D eigenvalue weighted by atomic mass is 32.2. The molecule has 4 rings (SSSR count). The van der Waals surface area contributed by atoms with Gasteiger partial charge in [0.1, 0.15) is 0 Å².